The van der Waals surface area contributed by atoms with E-state index in [1.807, 2.05) is 0 Å². The van der Waals surface area contributed by atoms with Crippen molar-refractivity contribution in [3.63, 3.8) is 0 Å². The van der Waals surface area contributed by atoms with E-state index in [1.54, 1.807) is 18.2 Å². The maximum absolute atomic E-state index is 12.0. The predicted octanol–water partition coefficient (Wildman–Crippen LogP) is 1.84. The molecule has 1 aromatic carbocycles. The Labute approximate surface area is 130 Å². The summed E-state index contributed by atoms with van der Waals surface area (Å²) in [6, 6.07) is 5.02. The molecule has 0 radical (unpaired) electrons. The van der Waals surface area contributed by atoms with Gasteiger partial charge >= 0.3 is 0 Å². The summed E-state index contributed by atoms with van der Waals surface area (Å²) in [7, 11) is 0. The molecule has 22 heavy (non-hydrogen) atoms. The lowest BCUT2D eigenvalue weighted by molar-refractivity contribution is -0.120. The fourth-order valence-electron chi connectivity index (χ4n) is 2.12. The van der Waals surface area contributed by atoms with Gasteiger partial charge in [0.15, 0.2) is 11.5 Å². The number of fused-ring (bicyclic) bond motifs is 1. The van der Waals surface area contributed by atoms with Crippen LogP contribution in [0.25, 0.3) is 0 Å². The lowest BCUT2D eigenvalue weighted by Gasteiger charge is -2.07. The Balaban J connectivity index is 1.68. The largest absolute Gasteiger partial charge is 0.454 e. The zero-order chi connectivity index (χ0) is 15.8. The summed E-state index contributed by atoms with van der Waals surface area (Å²) in [5, 5.41) is 5.56. The maximum Gasteiger partial charge on any atom is 0.251 e. The van der Waals surface area contributed by atoms with Gasteiger partial charge in [0.25, 0.3) is 5.91 Å². The van der Waals surface area contributed by atoms with E-state index in [-0.39, 0.29) is 25.0 Å². The van der Waals surface area contributed by atoms with E-state index < -0.39 is 0 Å². The molecule has 6 nitrogen and oxygen atoms in total. The standard InChI is InChI=1S/C16H22N2O4/c1-2-3-4-8-17-15(19)7-9-18-16(20)12-5-6-13-14(10-12)22-11-21-13/h5-6,10H,2-4,7-9,11H2,1H3,(H,17,19)(H,18,20). The highest BCUT2D eigenvalue weighted by atomic mass is 16.7. The van der Waals surface area contributed by atoms with E-state index in [4.69, 9.17) is 9.47 Å². The summed E-state index contributed by atoms with van der Waals surface area (Å²) >= 11 is 0. The number of rotatable bonds is 8. The summed E-state index contributed by atoms with van der Waals surface area (Å²) in [6.07, 6.45) is 3.51. The quantitative estimate of drug-likeness (QED) is 0.719. The molecule has 0 fully saturated rings. The average Bonchev–Trinajstić information content (AvgIpc) is 2.99. The van der Waals surface area contributed by atoms with Gasteiger partial charge in [0.1, 0.15) is 0 Å². The summed E-state index contributed by atoms with van der Waals surface area (Å²) in [4.78, 5) is 23.6. The molecule has 0 spiro atoms. The van der Waals surface area contributed by atoms with Crippen LogP contribution in [0.5, 0.6) is 11.5 Å². The minimum Gasteiger partial charge on any atom is -0.454 e. The van der Waals surface area contributed by atoms with Crippen LogP contribution in [0.15, 0.2) is 18.2 Å². The second-order valence-electron chi connectivity index (χ2n) is 5.13. The molecule has 1 aliphatic heterocycles. The first-order valence-corrected chi connectivity index (χ1v) is 7.65. The normalized spacial score (nSPS) is 12.0. The van der Waals surface area contributed by atoms with Crippen molar-refractivity contribution < 1.29 is 19.1 Å². The second-order valence-corrected chi connectivity index (χ2v) is 5.13. The fraction of sp³-hybridized carbons (Fsp3) is 0.500. The third kappa shape index (κ3) is 4.65. The Kier molecular flexibility index (Phi) is 6.06. The van der Waals surface area contributed by atoms with Gasteiger partial charge in [0.2, 0.25) is 12.7 Å². The molecule has 0 saturated heterocycles. The van der Waals surface area contributed by atoms with Gasteiger partial charge in [-0.1, -0.05) is 19.8 Å². The van der Waals surface area contributed by atoms with Crippen molar-refractivity contribution in [2.45, 2.75) is 32.6 Å². The number of carbonyl (C=O) groups excluding carboxylic acids is 2. The minimum absolute atomic E-state index is 0.0397. The van der Waals surface area contributed by atoms with Gasteiger partial charge in [-0.25, -0.2) is 0 Å². The smallest absolute Gasteiger partial charge is 0.251 e. The van der Waals surface area contributed by atoms with E-state index in [9.17, 15) is 9.59 Å². The molecule has 0 saturated carbocycles. The number of amides is 2. The molecule has 0 aliphatic carbocycles. The molecule has 1 aromatic rings. The minimum atomic E-state index is -0.225. The number of nitrogens with one attached hydrogen (secondary N) is 2. The lowest BCUT2D eigenvalue weighted by atomic mass is 10.2. The van der Waals surface area contributed by atoms with Crippen molar-refractivity contribution in [2.75, 3.05) is 19.9 Å². The van der Waals surface area contributed by atoms with E-state index in [2.05, 4.69) is 17.6 Å². The molecule has 120 valence electrons. The molecule has 2 N–H and O–H groups in total. The highest BCUT2D eigenvalue weighted by Gasteiger charge is 2.16. The van der Waals surface area contributed by atoms with Gasteiger partial charge in [0.05, 0.1) is 0 Å². The Morgan fingerprint density at radius 2 is 1.91 bits per heavy atom. The van der Waals surface area contributed by atoms with Gasteiger partial charge in [-0.15, -0.1) is 0 Å². The molecule has 2 amide bonds. The number of hydrogen-bond acceptors (Lipinski definition) is 4. The topological polar surface area (TPSA) is 76.7 Å². The number of hydrogen-bond donors (Lipinski definition) is 2. The molecule has 1 aliphatic rings. The number of benzene rings is 1. The van der Waals surface area contributed by atoms with Crippen LogP contribution in [-0.2, 0) is 4.79 Å². The predicted molar refractivity (Wildman–Crippen MR) is 82.0 cm³/mol. The third-order valence-corrected chi connectivity index (χ3v) is 3.37. The second kappa shape index (κ2) is 8.26. The van der Waals surface area contributed by atoms with Crippen LogP contribution in [-0.4, -0.2) is 31.7 Å². The van der Waals surface area contributed by atoms with Crippen molar-refractivity contribution >= 4 is 11.8 Å². The Hall–Kier alpha value is -2.24. The van der Waals surface area contributed by atoms with Crippen LogP contribution in [0.1, 0.15) is 43.0 Å². The average molecular weight is 306 g/mol. The van der Waals surface area contributed by atoms with Crippen LogP contribution in [0, 0.1) is 0 Å². The molecular weight excluding hydrogens is 284 g/mol. The molecule has 0 atom stereocenters. The van der Waals surface area contributed by atoms with Gasteiger partial charge in [-0.3, -0.25) is 9.59 Å². The zero-order valence-electron chi connectivity index (χ0n) is 12.8. The van der Waals surface area contributed by atoms with E-state index in [1.165, 1.54) is 0 Å². The van der Waals surface area contributed by atoms with Gasteiger partial charge in [-0.05, 0) is 24.6 Å². The number of carbonyl (C=O) groups is 2. The summed E-state index contributed by atoms with van der Waals surface area (Å²) in [6.45, 7) is 3.31. The number of unbranched alkanes of at least 4 members (excludes halogenated alkanes) is 2. The SMILES string of the molecule is CCCCCNC(=O)CCNC(=O)c1ccc2c(c1)OCO2. The lowest BCUT2D eigenvalue weighted by Crippen LogP contribution is -2.31. The highest BCUT2D eigenvalue weighted by molar-refractivity contribution is 5.95. The summed E-state index contributed by atoms with van der Waals surface area (Å²) in [5.74, 6) is 0.948. The maximum atomic E-state index is 12.0. The molecule has 6 heteroatoms. The highest BCUT2D eigenvalue weighted by Crippen LogP contribution is 2.32. The van der Waals surface area contributed by atoms with E-state index in [0.29, 0.717) is 30.2 Å². The van der Waals surface area contributed by atoms with Crippen molar-refractivity contribution in [1.29, 1.82) is 0 Å². The van der Waals surface area contributed by atoms with Crippen LogP contribution in [0.4, 0.5) is 0 Å². The van der Waals surface area contributed by atoms with Crippen molar-refractivity contribution in [3.8, 4) is 11.5 Å². The summed E-state index contributed by atoms with van der Waals surface area (Å²) in [5.41, 5.74) is 0.493. The Bertz CT molecular complexity index is 531. The first kappa shape index (κ1) is 16.1. The molecule has 0 aromatic heterocycles. The Morgan fingerprint density at radius 1 is 1.09 bits per heavy atom. The van der Waals surface area contributed by atoms with Crippen molar-refractivity contribution in [2.24, 2.45) is 0 Å². The fourth-order valence-corrected chi connectivity index (χ4v) is 2.12. The molecule has 1 heterocycles. The van der Waals surface area contributed by atoms with E-state index in [0.717, 1.165) is 19.3 Å². The zero-order valence-corrected chi connectivity index (χ0v) is 12.8. The molecule has 0 unspecified atom stereocenters. The number of ether oxygens (including phenoxy) is 2. The van der Waals surface area contributed by atoms with Crippen molar-refractivity contribution in [3.05, 3.63) is 23.8 Å². The monoisotopic (exact) mass is 306 g/mol. The first-order valence-electron chi connectivity index (χ1n) is 7.65. The first-order chi connectivity index (χ1) is 10.7. The Morgan fingerprint density at radius 3 is 2.73 bits per heavy atom. The van der Waals surface area contributed by atoms with Gasteiger partial charge in [-0.2, -0.15) is 0 Å². The van der Waals surface area contributed by atoms with Crippen LogP contribution < -0.4 is 20.1 Å². The van der Waals surface area contributed by atoms with Gasteiger partial charge < -0.3 is 20.1 Å². The van der Waals surface area contributed by atoms with Crippen LogP contribution >= 0.6 is 0 Å². The van der Waals surface area contributed by atoms with Gasteiger partial charge in [0, 0.05) is 25.1 Å². The molecule has 0 bridgehead atoms. The molecular formula is C16H22N2O4. The van der Waals surface area contributed by atoms with Crippen molar-refractivity contribution in [1.82, 2.24) is 10.6 Å². The van der Waals surface area contributed by atoms with Crippen LogP contribution in [0.2, 0.25) is 0 Å². The molecule has 2 rings (SSSR count). The van der Waals surface area contributed by atoms with E-state index >= 15 is 0 Å². The van der Waals surface area contributed by atoms with Crippen LogP contribution in [0.3, 0.4) is 0 Å². The third-order valence-electron chi connectivity index (χ3n) is 3.37. The summed E-state index contributed by atoms with van der Waals surface area (Å²) < 4.78 is 10.4.